The van der Waals surface area contributed by atoms with Crippen LogP contribution in [0.25, 0.3) is 0 Å². The number of aromatic amines is 1. The zero-order valence-electron chi connectivity index (χ0n) is 5.81. The second kappa shape index (κ2) is 2.67. The molecule has 0 aromatic carbocycles. The summed E-state index contributed by atoms with van der Waals surface area (Å²) < 4.78 is 0. The molecule has 1 aromatic heterocycles. The molecule has 0 amide bonds. The van der Waals surface area contributed by atoms with Crippen molar-refractivity contribution < 1.29 is 10.0 Å². The van der Waals surface area contributed by atoms with E-state index in [1.54, 1.807) is 0 Å². The fourth-order valence-corrected chi connectivity index (χ4v) is 0.629. The first-order valence-corrected chi connectivity index (χ1v) is 2.98. The molecule has 1 unspecified atom stereocenters. The van der Waals surface area contributed by atoms with E-state index in [0.29, 0.717) is 5.69 Å². The molecule has 1 atom stereocenters. The maximum atomic E-state index is 10.1. The summed E-state index contributed by atoms with van der Waals surface area (Å²) in [6.45, 7) is 1.50. The third-order valence-corrected chi connectivity index (χ3v) is 1.21. The minimum absolute atomic E-state index is 0.344. The Morgan fingerprint density at radius 2 is 2.55 bits per heavy atom. The van der Waals surface area contributed by atoms with Gasteiger partial charge in [-0.05, 0) is 11.8 Å². The number of nitrogens with one attached hydrogen (secondary N) is 1. The normalized spacial score (nSPS) is 12.9. The van der Waals surface area contributed by atoms with Gasteiger partial charge in [-0.2, -0.15) is 0 Å². The number of aliphatic hydroxyl groups excluding tert-OH is 1. The molecule has 2 N–H and O–H groups in total. The average Bonchev–Trinajstić information content (AvgIpc) is 2.33. The smallest absolute Gasteiger partial charge is 0.390 e. The van der Waals surface area contributed by atoms with Crippen molar-refractivity contribution in [3.05, 3.63) is 22.0 Å². The molecule has 0 aliphatic carbocycles. The van der Waals surface area contributed by atoms with E-state index >= 15 is 0 Å². The summed E-state index contributed by atoms with van der Waals surface area (Å²) in [5.41, 5.74) is 0.344. The maximum Gasteiger partial charge on any atom is 0.432 e. The standard InChI is InChI=1S/C5H7N3O3/c1-3(9)4-2-6-5(7-4)8(10)11/h2-3,9H,1H3,(H,6,7). The summed E-state index contributed by atoms with van der Waals surface area (Å²) in [4.78, 5) is 15.2. The van der Waals surface area contributed by atoms with Crippen LogP contribution in [0.3, 0.4) is 0 Å². The molecule has 1 aromatic rings. The van der Waals surface area contributed by atoms with Crippen molar-refractivity contribution in [2.45, 2.75) is 13.0 Å². The van der Waals surface area contributed by atoms with Crippen LogP contribution in [0.4, 0.5) is 5.95 Å². The fraction of sp³-hybridized carbons (Fsp3) is 0.400. The van der Waals surface area contributed by atoms with Gasteiger partial charge in [0.2, 0.25) is 0 Å². The van der Waals surface area contributed by atoms with Crippen molar-refractivity contribution >= 4 is 5.95 Å². The molecule has 1 heterocycles. The van der Waals surface area contributed by atoms with Crippen LogP contribution in [-0.2, 0) is 0 Å². The van der Waals surface area contributed by atoms with E-state index in [2.05, 4.69) is 9.97 Å². The SMILES string of the molecule is CC(O)c1cnc([N+](=O)[O-])[nH]1. The van der Waals surface area contributed by atoms with Crippen molar-refractivity contribution in [2.75, 3.05) is 0 Å². The van der Waals surface area contributed by atoms with Gasteiger partial charge in [-0.25, -0.2) is 4.98 Å². The fourth-order valence-electron chi connectivity index (χ4n) is 0.629. The zero-order valence-corrected chi connectivity index (χ0v) is 5.81. The van der Waals surface area contributed by atoms with Gasteiger partial charge in [-0.15, -0.1) is 0 Å². The van der Waals surface area contributed by atoms with Crippen LogP contribution in [0.15, 0.2) is 6.20 Å². The Labute approximate surface area is 62.0 Å². The molecular formula is C5H7N3O3. The molecule has 11 heavy (non-hydrogen) atoms. The van der Waals surface area contributed by atoms with Gasteiger partial charge in [0.05, 0.1) is 0 Å². The van der Waals surface area contributed by atoms with Crippen LogP contribution in [0, 0.1) is 10.1 Å². The molecule has 6 heteroatoms. The first-order valence-electron chi connectivity index (χ1n) is 2.98. The molecular weight excluding hydrogens is 150 g/mol. The molecule has 60 valence electrons. The lowest BCUT2D eigenvalue weighted by molar-refractivity contribution is -0.393. The molecule has 0 fully saturated rings. The molecule has 6 nitrogen and oxygen atoms in total. The highest BCUT2D eigenvalue weighted by Crippen LogP contribution is 2.11. The van der Waals surface area contributed by atoms with Crippen LogP contribution in [0.5, 0.6) is 0 Å². The highest BCUT2D eigenvalue weighted by Gasteiger charge is 2.13. The zero-order chi connectivity index (χ0) is 8.43. The van der Waals surface area contributed by atoms with Crippen molar-refractivity contribution in [2.24, 2.45) is 0 Å². The Hall–Kier alpha value is -1.43. The predicted octanol–water partition coefficient (Wildman–Crippen LogP) is 0.371. The number of aliphatic hydroxyl groups is 1. The van der Waals surface area contributed by atoms with E-state index < -0.39 is 11.0 Å². The van der Waals surface area contributed by atoms with E-state index in [4.69, 9.17) is 5.11 Å². The monoisotopic (exact) mass is 157 g/mol. The van der Waals surface area contributed by atoms with E-state index in [9.17, 15) is 10.1 Å². The van der Waals surface area contributed by atoms with Crippen molar-refractivity contribution in [3.8, 4) is 0 Å². The minimum atomic E-state index is -0.754. The number of imidazole rings is 1. The average molecular weight is 157 g/mol. The number of hydrogen-bond acceptors (Lipinski definition) is 4. The van der Waals surface area contributed by atoms with Gasteiger partial charge in [0, 0.05) is 0 Å². The molecule has 0 aliphatic heterocycles. The van der Waals surface area contributed by atoms with Crippen LogP contribution in [0.2, 0.25) is 0 Å². The van der Waals surface area contributed by atoms with E-state index in [1.807, 2.05) is 0 Å². The number of hydrogen-bond donors (Lipinski definition) is 2. The first-order chi connectivity index (χ1) is 5.11. The van der Waals surface area contributed by atoms with E-state index in [-0.39, 0.29) is 5.95 Å². The van der Waals surface area contributed by atoms with E-state index in [0.717, 1.165) is 0 Å². The van der Waals surface area contributed by atoms with E-state index in [1.165, 1.54) is 13.1 Å². The van der Waals surface area contributed by atoms with Gasteiger partial charge >= 0.3 is 5.95 Å². The van der Waals surface area contributed by atoms with Crippen LogP contribution in [0.1, 0.15) is 18.7 Å². The Morgan fingerprint density at radius 3 is 2.82 bits per heavy atom. The largest absolute Gasteiger partial charge is 0.432 e. The number of nitro groups is 1. The summed E-state index contributed by atoms with van der Waals surface area (Å²) in [6.07, 6.45) is 0.485. The number of aromatic nitrogens is 2. The summed E-state index contributed by atoms with van der Waals surface area (Å²) in [6, 6.07) is 0. The summed E-state index contributed by atoms with van der Waals surface area (Å²) >= 11 is 0. The minimum Gasteiger partial charge on any atom is -0.390 e. The molecule has 0 radical (unpaired) electrons. The molecule has 0 aliphatic rings. The molecule has 0 saturated heterocycles. The quantitative estimate of drug-likeness (QED) is 0.479. The number of nitrogens with zero attached hydrogens (tertiary/aromatic N) is 2. The van der Waals surface area contributed by atoms with Crippen molar-refractivity contribution in [1.29, 1.82) is 0 Å². The molecule has 1 rings (SSSR count). The summed E-state index contributed by atoms with van der Waals surface area (Å²) in [7, 11) is 0. The molecule has 0 bridgehead atoms. The Bertz CT molecular complexity index is 268. The molecule has 0 saturated carbocycles. The first kappa shape index (κ1) is 7.67. The van der Waals surface area contributed by atoms with Gasteiger partial charge < -0.3 is 15.2 Å². The van der Waals surface area contributed by atoms with Crippen molar-refractivity contribution in [1.82, 2.24) is 9.97 Å². The van der Waals surface area contributed by atoms with Gasteiger partial charge in [-0.1, -0.05) is 4.98 Å². The lowest BCUT2D eigenvalue weighted by Crippen LogP contribution is -1.92. The van der Waals surface area contributed by atoms with Gasteiger partial charge in [-0.3, -0.25) is 0 Å². The second-order valence-electron chi connectivity index (χ2n) is 2.10. The van der Waals surface area contributed by atoms with Crippen LogP contribution in [-0.4, -0.2) is 20.0 Å². The van der Waals surface area contributed by atoms with Crippen molar-refractivity contribution in [3.63, 3.8) is 0 Å². The van der Waals surface area contributed by atoms with Gasteiger partial charge in [0.1, 0.15) is 18.0 Å². The Kier molecular flexibility index (Phi) is 1.86. The highest BCUT2D eigenvalue weighted by molar-refractivity contribution is 5.11. The Balaban J connectivity index is 2.90. The third kappa shape index (κ3) is 1.53. The highest BCUT2D eigenvalue weighted by atomic mass is 16.6. The second-order valence-corrected chi connectivity index (χ2v) is 2.10. The number of rotatable bonds is 2. The summed E-state index contributed by atoms with van der Waals surface area (Å²) in [5, 5.41) is 19.0. The maximum absolute atomic E-state index is 10.1. The Morgan fingerprint density at radius 1 is 1.91 bits per heavy atom. The lowest BCUT2D eigenvalue weighted by Gasteiger charge is -1.93. The predicted molar refractivity (Wildman–Crippen MR) is 35.9 cm³/mol. The van der Waals surface area contributed by atoms with Crippen LogP contribution >= 0.6 is 0 Å². The van der Waals surface area contributed by atoms with Gasteiger partial charge in [0.15, 0.2) is 0 Å². The van der Waals surface area contributed by atoms with Crippen LogP contribution < -0.4 is 0 Å². The third-order valence-electron chi connectivity index (χ3n) is 1.21. The van der Waals surface area contributed by atoms with Gasteiger partial charge in [0.25, 0.3) is 0 Å². The molecule has 0 spiro atoms. The number of H-pyrrole nitrogens is 1. The topological polar surface area (TPSA) is 92.1 Å². The summed E-state index contributed by atoms with van der Waals surface area (Å²) in [5.74, 6) is -0.346. The lowest BCUT2D eigenvalue weighted by atomic mass is 10.3.